The van der Waals surface area contributed by atoms with Crippen LogP contribution in [0.15, 0.2) is 4.36 Å². The summed E-state index contributed by atoms with van der Waals surface area (Å²) in [6.07, 6.45) is -0.115. The van der Waals surface area contributed by atoms with Crippen LogP contribution < -0.4 is 0 Å². The highest BCUT2D eigenvalue weighted by molar-refractivity contribution is 7.93. The Balaban J connectivity index is 2.68. The van der Waals surface area contributed by atoms with Crippen molar-refractivity contribution in [3.63, 3.8) is 0 Å². The van der Waals surface area contributed by atoms with Crippen molar-refractivity contribution in [1.82, 2.24) is 0 Å². The predicted molar refractivity (Wildman–Crippen MR) is 66.8 cm³/mol. The largest absolute Gasteiger partial charge is 0.481 e. The van der Waals surface area contributed by atoms with Gasteiger partial charge in [-0.05, 0) is 5.41 Å². The maximum Gasteiger partial charge on any atom is 0.303 e. The van der Waals surface area contributed by atoms with Gasteiger partial charge in [0.1, 0.15) is 0 Å². The number of ether oxygens (including phenoxy) is 1. The first kappa shape index (κ1) is 15.1. The number of hydrogen-bond donors (Lipinski definition) is 1. The molecule has 1 N–H and O–H groups in total. The fraction of sp³-hybridized carbons (Fsp3) is 0.818. The molecule has 18 heavy (non-hydrogen) atoms. The van der Waals surface area contributed by atoms with E-state index in [0.29, 0.717) is 13.2 Å². The molecule has 0 bridgehead atoms. The van der Waals surface area contributed by atoms with Crippen molar-refractivity contribution in [1.29, 1.82) is 0 Å². The molecular formula is C11H19NO5S. The van der Waals surface area contributed by atoms with E-state index in [1.54, 1.807) is 13.8 Å². The second-order valence-electron chi connectivity index (χ2n) is 5.19. The zero-order valence-corrected chi connectivity index (χ0v) is 11.5. The van der Waals surface area contributed by atoms with E-state index < -0.39 is 27.0 Å². The molecule has 0 aliphatic carbocycles. The molecule has 1 rings (SSSR count). The lowest BCUT2D eigenvalue weighted by molar-refractivity contribution is -0.139. The Morgan fingerprint density at radius 2 is 1.83 bits per heavy atom. The quantitative estimate of drug-likeness (QED) is 0.824. The van der Waals surface area contributed by atoms with Crippen molar-refractivity contribution in [3.8, 4) is 0 Å². The van der Waals surface area contributed by atoms with Gasteiger partial charge in [0.15, 0.2) is 0 Å². The van der Waals surface area contributed by atoms with Gasteiger partial charge in [-0.25, -0.2) is 4.21 Å². The van der Waals surface area contributed by atoms with Crippen molar-refractivity contribution in [3.05, 3.63) is 0 Å². The molecule has 0 aromatic rings. The minimum absolute atomic E-state index is 0.00283. The highest BCUT2D eigenvalue weighted by Crippen LogP contribution is 2.25. The van der Waals surface area contributed by atoms with Gasteiger partial charge in [0, 0.05) is 6.42 Å². The number of rotatable bonds is 4. The van der Waals surface area contributed by atoms with Crippen molar-refractivity contribution in [2.75, 3.05) is 24.7 Å². The summed E-state index contributed by atoms with van der Waals surface area (Å²) < 4.78 is 21.0. The van der Waals surface area contributed by atoms with Gasteiger partial charge >= 0.3 is 5.97 Å². The van der Waals surface area contributed by atoms with Crippen LogP contribution in [-0.4, -0.2) is 45.9 Å². The number of nitrogens with zero attached hydrogens (tertiary/aromatic N) is 1. The Morgan fingerprint density at radius 1 is 1.28 bits per heavy atom. The fourth-order valence-electron chi connectivity index (χ4n) is 1.77. The van der Waals surface area contributed by atoms with Gasteiger partial charge in [-0.15, -0.1) is 0 Å². The summed E-state index contributed by atoms with van der Waals surface area (Å²) in [6.45, 7) is 4.08. The third-order valence-corrected chi connectivity index (χ3v) is 4.77. The summed E-state index contributed by atoms with van der Waals surface area (Å²) in [7, 11) is -2.49. The number of hydrogen-bond acceptors (Lipinski definition) is 4. The highest BCUT2D eigenvalue weighted by Gasteiger charge is 2.26. The minimum Gasteiger partial charge on any atom is -0.481 e. The summed E-state index contributed by atoms with van der Waals surface area (Å²) in [5, 5.41) is 8.72. The first-order chi connectivity index (χ1) is 8.22. The highest BCUT2D eigenvalue weighted by atomic mass is 32.2. The molecule has 1 amide bonds. The molecule has 7 heteroatoms. The zero-order chi connectivity index (χ0) is 13.8. The maximum absolute atomic E-state index is 12.1. The molecule has 0 radical (unpaired) electrons. The molecule has 1 saturated heterocycles. The summed E-state index contributed by atoms with van der Waals surface area (Å²) in [6, 6.07) is 0. The first-order valence-corrected chi connectivity index (χ1v) is 7.63. The third-order valence-electron chi connectivity index (χ3n) is 2.62. The van der Waals surface area contributed by atoms with E-state index in [4.69, 9.17) is 9.84 Å². The average molecular weight is 277 g/mol. The molecule has 1 fully saturated rings. The first-order valence-electron chi connectivity index (χ1n) is 5.77. The summed E-state index contributed by atoms with van der Waals surface area (Å²) in [4.78, 5) is 22.4. The molecule has 6 nitrogen and oxygen atoms in total. The third kappa shape index (κ3) is 5.14. The molecule has 104 valence electrons. The van der Waals surface area contributed by atoms with Gasteiger partial charge in [0.2, 0.25) is 0 Å². The molecule has 0 aromatic carbocycles. The van der Waals surface area contributed by atoms with E-state index >= 15 is 0 Å². The van der Waals surface area contributed by atoms with Crippen LogP contribution in [0.4, 0.5) is 0 Å². The smallest absolute Gasteiger partial charge is 0.303 e. The molecular weight excluding hydrogens is 258 g/mol. The SMILES string of the molecule is CC(C)(CC(=O)O)CC(=O)N=S1(=O)CCOCC1. The summed E-state index contributed by atoms with van der Waals surface area (Å²) in [5.41, 5.74) is -0.673. The topological polar surface area (TPSA) is 93.0 Å². The van der Waals surface area contributed by atoms with Gasteiger partial charge in [0.25, 0.3) is 5.91 Å². The zero-order valence-electron chi connectivity index (χ0n) is 10.7. The van der Waals surface area contributed by atoms with Gasteiger partial charge in [-0.2, -0.15) is 4.36 Å². The normalized spacial score (nSPS) is 19.2. The van der Waals surface area contributed by atoms with Crippen LogP contribution in [0.25, 0.3) is 0 Å². The van der Waals surface area contributed by atoms with Crippen LogP contribution in [0, 0.1) is 5.41 Å². The minimum atomic E-state index is -2.49. The van der Waals surface area contributed by atoms with Crippen molar-refractivity contribution in [2.45, 2.75) is 26.7 Å². The number of carbonyl (C=O) groups is 2. The number of carboxylic acid groups (broad SMARTS) is 1. The van der Waals surface area contributed by atoms with Crippen LogP contribution in [0.5, 0.6) is 0 Å². The molecule has 0 aromatic heterocycles. The lowest BCUT2D eigenvalue weighted by Crippen LogP contribution is -2.27. The molecule has 0 spiro atoms. The molecule has 1 heterocycles. The van der Waals surface area contributed by atoms with Crippen LogP contribution in [0.2, 0.25) is 0 Å². The Labute approximate surface area is 107 Å². The average Bonchev–Trinajstić information content (AvgIpc) is 2.13. The van der Waals surface area contributed by atoms with Gasteiger partial charge in [-0.1, -0.05) is 13.8 Å². The number of carbonyl (C=O) groups excluding carboxylic acids is 1. The molecule has 0 saturated carbocycles. The number of amides is 1. The second kappa shape index (κ2) is 5.79. The van der Waals surface area contributed by atoms with Crippen LogP contribution >= 0.6 is 0 Å². The lowest BCUT2D eigenvalue weighted by atomic mass is 9.85. The van der Waals surface area contributed by atoms with E-state index in [0.717, 1.165) is 0 Å². The molecule has 1 aliphatic rings. The second-order valence-corrected chi connectivity index (χ2v) is 7.73. The summed E-state index contributed by atoms with van der Waals surface area (Å²) >= 11 is 0. The molecule has 1 aliphatic heterocycles. The van der Waals surface area contributed by atoms with Crippen LogP contribution in [0.1, 0.15) is 26.7 Å². The number of carboxylic acids is 1. The van der Waals surface area contributed by atoms with Crippen molar-refractivity contribution < 1.29 is 23.6 Å². The number of aliphatic carboxylic acids is 1. The van der Waals surface area contributed by atoms with E-state index in [1.165, 1.54) is 0 Å². The Kier molecular flexibility index (Phi) is 4.86. The van der Waals surface area contributed by atoms with Crippen molar-refractivity contribution >= 4 is 21.6 Å². The fourth-order valence-corrected chi connectivity index (χ4v) is 3.35. The molecule has 0 unspecified atom stereocenters. The lowest BCUT2D eigenvalue weighted by Gasteiger charge is -2.21. The van der Waals surface area contributed by atoms with Crippen LogP contribution in [-0.2, 0) is 24.1 Å². The summed E-state index contributed by atoms with van der Waals surface area (Å²) in [5.74, 6) is -0.882. The Morgan fingerprint density at radius 3 is 2.33 bits per heavy atom. The monoisotopic (exact) mass is 277 g/mol. The van der Waals surface area contributed by atoms with E-state index in [1.807, 2.05) is 0 Å². The van der Waals surface area contributed by atoms with Crippen LogP contribution in [0.3, 0.4) is 0 Å². The standard InChI is InChI=1S/C11H19NO5S/c1-11(2,8-10(14)15)7-9(13)12-18(16)5-3-17-4-6-18/h3-8H2,1-2H3,(H,14,15). The Bertz CT molecular complexity index is 436. The van der Waals surface area contributed by atoms with E-state index in [2.05, 4.69) is 4.36 Å². The van der Waals surface area contributed by atoms with Crippen molar-refractivity contribution in [2.24, 2.45) is 9.78 Å². The van der Waals surface area contributed by atoms with Gasteiger partial charge in [-0.3, -0.25) is 9.59 Å². The van der Waals surface area contributed by atoms with E-state index in [-0.39, 0.29) is 24.3 Å². The van der Waals surface area contributed by atoms with Gasteiger partial charge in [0.05, 0.1) is 40.9 Å². The van der Waals surface area contributed by atoms with Gasteiger partial charge < -0.3 is 9.84 Å². The van der Waals surface area contributed by atoms with E-state index in [9.17, 15) is 13.8 Å². The predicted octanol–water partition coefficient (Wildman–Crippen LogP) is 0.902. The Hall–Kier alpha value is -0.950. The molecule has 0 atom stereocenters. The maximum atomic E-state index is 12.1.